The highest BCUT2D eigenvalue weighted by molar-refractivity contribution is 5.81. The van der Waals surface area contributed by atoms with Crippen molar-refractivity contribution in [3.8, 4) is 0 Å². The Kier molecular flexibility index (Phi) is 2.50. The Balaban J connectivity index is 2.58. The molecule has 15 heavy (non-hydrogen) atoms. The first-order valence-corrected chi connectivity index (χ1v) is 4.93. The van der Waals surface area contributed by atoms with Gasteiger partial charge in [-0.3, -0.25) is 0 Å². The van der Waals surface area contributed by atoms with Crippen LogP contribution >= 0.6 is 0 Å². The summed E-state index contributed by atoms with van der Waals surface area (Å²) in [4.78, 5) is 0. The zero-order chi connectivity index (χ0) is 10.8. The van der Waals surface area contributed by atoms with E-state index in [4.69, 9.17) is 9.15 Å². The van der Waals surface area contributed by atoms with Crippen molar-refractivity contribution in [3.63, 3.8) is 0 Å². The number of methoxy groups -OCH3 is 1. The Hall–Kier alpha value is -1.70. The summed E-state index contributed by atoms with van der Waals surface area (Å²) in [5, 5.41) is 1.10. The van der Waals surface area contributed by atoms with E-state index in [1.165, 1.54) is 0 Å². The number of hydrogen-bond acceptors (Lipinski definition) is 2. The first-order chi connectivity index (χ1) is 7.22. The second kappa shape index (κ2) is 3.81. The van der Waals surface area contributed by atoms with E-state index in [2.05, 4.69) is 0 Å². The zero-order valence-corrected chi connectivity index (χ0v) is 9.20. The molecule has 0 fully saturated rings. The van der Waals surface area contributed by atoms with Crippen LogP contribution in [0.15, 0.2) is 40.3 Å². The van der Waals surface area contributed by atoms with E-state index >= 15 is 0 Å². The molecule has 0 N–H and O–H groups in total. The molecule has 0 saturated heterocycles. The molecule has 0 amide bonds. The van der Waals surface area contributed by atoms with Gasteiger partial charge in [0, 0.05) is 5.39 Å². The van der Waals surface area contributed by atoms with Crippen molar-refractivity contribution in [1.82, 2.24) is 0 Å². The van der Waals surface area contributed by atoms with Crippen LogP contribution in [0.4, 0.5) is 0 Å². The Morgan fingerprint density at radius 3 is 2.53 bits per heavy atom. The maximum atomic E-state index is 5.70. The molecule has 0 saturated carbocycles. The highest BCUT2D eigenvalue weighted by Crippen LogP contribution is 2.26. The lowest BCUT2D eigenvalue weighted by Crippen LogP contribution is -1.86. The van der Waals surface area contributed by atoms with Crippen molar-refractivity contribution >= 4 is 16.7 Å². The van der Waals surface area contributed by atoms with Gasteiger partial charge >= 0.3 is 0 Å². The maximum absolute atomic E-state index is 5.70. The Morgan fingerprint density at radius 2 is 1.93 bits per heavy atom. The van der Waals surface area contributed by atoms with Crippen LogP contribution in [0.3, 0.4) is 0 Å². The van der Waals surface area contributed by atoms with Crippen molar-refractivity contribution in [1.29, 1.82) is 0 Å². The van der Waals surface area contributed by atoms with E-state index in [1.807, 2.05) is 44.2 Å². The fourth-order valence-corrected chi connectivity index (χ4v) is 1.64. The fraction of sp³-hybridized carbons (Fsp3) is 0.231. The average Bonchev–Trinajstić information content (AvgIpc) is 2.61. The summed E-state index contributed by atoms with van der Waals surface area (Å²) < 4.78 is 11.0. The standard InChI is InChI=1S/C13H14O2/c1-9(2)13(14-3)12-8-10-6-4-5-7-11(10)15-12/h4-8H,1-3H3. The number of hydrogen-bond donors (Lipinski definition) is 0. The van der Waals surface area contributed by atoms with Crippen LogP contribution in [0, 0.1) is 0 Å². The topological polar surface area (TPSA) is 22.4 Å². The monoisotopic (exact) mass is 202 g/mol. The first kappa shape index (κ1) is 9.84. The maximum Gasteiger partial charge on any atom is 0.169 e. The van der Waals surface area contributed by atoms with Gasteiger partial charge in [-0.05, 0) is 31.6 Å². The molecule has 2 nitrogen and oxygen atoms in total. The van der Waals surface area contributed by atoms with Gasteiger partial charge in [-0.15, -0.1) is 0 Å². The molecule has 1 aromatic heterocycles. The van der Waals surface area contributed by atoms with Crippen LogP contribution in [0.5, 0.6) is 0 Å². The SMILES string of the molecule is COC(=C(C)C)c1cc2ccccc2o1. The van der Waals surface area contributed by atoms with Crippen LogP contribution in [0.2, 0.25) is 0 Å². The normalized spacial score (nSPS) is 10.3. The lowest BCUT2D eigenvalue weighted by Gasteiger charge is -2.03. The first-order valence-electron chi connectivity index (χ1n) is 4.93. The highest BCUT2D eigenvalue weighted by atomic mass is 16.5. The van der Waals surface area contributed by atoms with Crippen LogP contribution in [-0.2, 0) is 4.74 Å². The van der Waals surface area contributed by atoms with E-state index in [9.17, 15) is 0 Å². The van der Waals surface area contributed by atoms with E-state index in [1.54, 1.807) is 7.11 Å². The summed E-state index contributed by atoms with van der Waals surface area (Å²) in [7, 11) is 1.66. The van der Waals surface area contributed by atoms with E-state index < -0.39 is 0 Å². The summed E-state index contributed by atoms with van der Waals surface area (Å²) in [6.07, 6.45) is 0. The molecule has 0 aliphatic heterocycles. The number of ether oxygens (including phenoxy) is 1. The molecule has 2 rings (SSSR count). The second-order valence-corrected chi connectivity index (χ2v) is 3.68. The third-order valence-corrected chi connectivity index (χ3v) is 2.31. The number of furan rings is 1. The van der Waals surface area contributed by atoms with Gasteiger partial charge in [0.2, 0.25) is 0 Å². The molecule has 78 valence electrons. The number of para-hydroxylation sites is 1. The summed E-state index contributed by atoms with van der Waals surface area (Å²) in [5.41, 5.74) is 2.00. The van der Waals surface area contributed by atoms with Gasteiger partial charge in [-0.2, -0.15) is 0 Å². The van der Waals surface area contributed by atoms with Crippen molar-refractivity contribution in [2.75, 3.05) is 7.11 Å². The average molecular weight is 202 g/mol. The molecule has 0 unspecified atom stereocenters. The highest BCUT2D eigenvalue weighted by Gasteiger charge is 2.09. The molecule has 2 heteroatoms. The molecule has 1 aromatic carbocycles. The minimum absolute atomic E-state index is 0.790. The molecule has 0 spiro atoms. The third-order valence-electron chi connectivity index (χ3n) is 2.31. The largest absolute Gasteiger partial charge is 0.493 e. The second-order valence-electron chi connectivity index (χ2n) is 3.68. The van der Waals surface area contributed by atoms with Crippen molar-refractivity contribution < 1.29 is 9.15 Å². The van der Waals surface area contributed by atoms with Gasteiger partial charge in [0.05, 0.1) is 7.11 Å². The van der Waals surface area contributed by atoms with Crippen molar-refractivity contribution in [2.45, 2.75) is 13.8 Å². The lowest BCUT2D eigenvalue weighted by molar-refractivity contribution is 0.352. The van der Waals surface area contributed by atoms with Gasteiger partial charge in [0.1, 0.15) is 5.58 Å². The van der Waals surface area contributed by atoms with Gasteiger partial charge in [0.15, 0.2) is 11.5 Å². The molecule has 0 atom stereocenters. The molecular formula is C13H14O2. The van der Waals surface area contributed by atoms with Gasteiger partial charge in [-0.1, -0.05) is 18.2 Å². The Labute approximate surface area is 89.2 Å². The van der Waals surface area contributed by atoms with Gasteiger partial charge < -0.3 is 9.15 Å². The Bertz CT molecular complexity index is 469. The summed E-state index contributed by atoms with van der Waals surface area (Å²) >= 11 is 0. The fourth-order valence-electron chi connectivity index (χ4n) is 1.64. The molecule has 2 aromatic rings. The van der Waals surface area contributed by atoms with Crippen molar-refractivity contribution in [3.05, 3.63) is 41.7 Å². The van der Waals surface area contributed by atoms with Crippen LogP contribution in [0.25, 0.3) is 16.7 Å². The minimum Gasteiger partial charge on any atom is -0.493 e. The third kappa shape index (κ3) is 1.75. The smallest absolute Gasteiger partial charge is 0.169 e. The van der Waals surface area contributed by atoms with Crippen molar-refractivity contribution in [2.24, 2.45) is 0 Å². The number of fused-ring (bicyclic) bond motifs is 1. The molecule has 0 aliphatic carbocycles. The van der Waals surface area contributed by atoms with E-state index in [-0.39, 0.29) is 0 Å². The number of benzene rings is 1. The molecule has 0 aliphatic rings. The van der Waals surface area contributed by atoms with Crippen LogP contribution in [0.1, 0.15) is 19.6 Å². The van der Waals surface area contributed by atoms with E-state index in [0.29, 0.717) is 0 Å². The summed E-state index contributed by atoms with van der Waals surface area (Å²) in [5.74, 6) is 1.60. The molecule has 0 bridgehead atoms. The predicted molar refractivity (Wildman–Crippen MR) is 61.5 cm³/mol. The zero-order valence-electron chi connectivity index (χ0n) is 9.20. The number of rotatable bonds is 2. The predicted octanol–water partition coefficient (Wildman–Crippen LogP) is 3.83. The molecular weight excluding hydrogens is 188 g/mol. The van der Waals surface area contributed by atoms with Crippen LogP contribution in [-0.4, -0.2) is 7.11 Å². The van der Waals surface area contributed by atoms with Gasteiger partial charge in [0.25, 0.3) is 0 Å². The van der Waals surface area contributed by atoms with E-state index in [0.717, 1.165) is 28.1 Å². The quantitative estimate of drug-likeness (QED) is 0.690. The Morgan fingerprint density at radius 1 is 1.20 bits per heavy atom. The summed E-state index contributed by atoms with van der Waals surface area (Å²) in [6, 6.07) is 9.94. The summed E-state index contributed by atoms with van der Waals surface area (Å²) in [6.45, 7) is 4.01. The van der Waals surface area contributed by atoms with Crippen LogP contribution < -0.4 is 0 Å². The molecule has 1 heterocycles. The van der Waals surface area contributed by atoms with Gasteiger partial charge in [-0.25, -0.2) is 0 Å². The lowest BCUT2D eigenvalue weighted by atomic mass is 10.2. The number of allylic oxidation sites excluding steroid dienone is 1. The minimum atomic E-state index is 0.790. The molecule has 0 radical (unpaired) electrons.